The predicted molar refractivity (Wildman–Crippen MR) is 79.6 cm³/mol. The molecule has 106 valence electrons. The summed E-state index contributed by atoms with van der Waals surface area (Å²) in [6.07, 6.45) is 4.61. The largest absolute Gasteiger partial charge is 0.366 e. The molecule has 0 aliphatic carbocycles. The Hall–Kier alpha value is -1.16. The Bertz CT molecular complexity index is 397. The second-order valence-corrected chi connectivity index (χ2v) is 5.70. The highest BCUT2D eigenvalue weighted by Crippen LogP contribution is 2.17. The summed E-state index contributed by atoms with van der Waals surface area (Å²) in [6, 6.07) is 2.61. The van der Waals surface area contributed by atoms with Gasteiger partial charge in [0.15, 0.2) is 0 Å². The van der Waals surface area contributed by atoms with E-state index in [1.54, 1.807) is 0 Å². The lowest BCUT2D eigenvalue weighted by atomic mass is 10.1. The minimum absolute atomic E-state index is 0.377. The fourth-order valence-electron chi connectivity index (χ4n) is 2.42. The number of hydrogen-bond acceptors (Lipinski definition) is 4. The fourth-order valence-corrected chi connectivity index (χ4v) is 2.42. The van der Waals surface area contributed by atoms with Gasteiger partial charge in [-0.15, -0.1) is 0 Å². The van der Waals surface area contributed by atoms with Crippen LogP contribution in [0, 0.1) is 0 Å². The summed E-state index contributed by atoms with van der Waals surface area (Å²) in [5, 5.41) is 6.99. The highest BCUT2D eigenvalue weighted by atomic mass is 15.1. The number of anilines is 1. The Morgan fingerprint density at radius 2 is 2.26 bits per heavy atom. The van der Waals surface area contributed by atoms with Gasteiger partial charge in [0.2, 0.25) is 0 Å². The maximum atomic E-state index is 4.66. The lowest BCUT2D eigenvalue weighted by Gasteiger charge is -2.24. The van der Waals surface area contributed by atoms with Gasteiger partial charge in [0, 0.05) is 30.3 Å². The van der Waals surface area contributed by atoms with E-state index in [0.717, 1.165) is 43.3 Å². The summed E-state index contributed by atoms with van der Waals surface area (Å²) in [5.74, 6) is 2.33. The van der Waals surface area contributed by atoms with Gasteiger partial charge in [-0.25, -0.2) is 9.97 Å². The first-order chi connectivity index (χ1) is 9.19. The van der Waals surface area contributed by atoms with E-state index in [1.165, 1.54) is 12.8 Å². The third-order valence-corrected chi connectivity index (χ3v) is 3.47. The van der Waals surface area contributed by atoms with Gasteiger partial charge in [-0.05, 0) is 25.8 Å². The van der Waals surface area contributed by atoms with Crippen molar-refractivity contribution in [2.75, 3.05) is 18.4 Å². The molecular weight excluding hydrogens is 236 g/mol. The van der Waals surface area contributed by atoms with Crippen LogP contribution in [0.15, 0.2) is 6.07 Å². The Morgan fingerprint density at radius 1 is 1.42 bits per heavy atom. The number of rotatable bonds is 5. The Kier molecular flexibility index (Phi) is 5.14. The summed E-state index contributed by atoms with van der Waals surface area (Å²) in [5.41, 5.74) is 1.16. The number of nitrogens with zero attached hydrogens (tertiary/aromatic N) is 2. The van der Waals surface area contributed by atoms with Crippen LogP contribution in [-0.4, -0.2) is 29.1 Å². The molecule has 4 heteroatoms. The summed E-state index contributed by atoms with van der Waals surface area (Å²) in [4.78, 5) is 9.31. The highest BCUT2D eigenvalue weighted by molar-refractivity contribution is 5.38. The second kappa shape index (κ2) is 6.85. The van der Waals surface area contributed by atoms with Gasteiger partial charge in [0.1, 0.15) is 11.6 Å². The third kappa shape index (κ3) is 4.16. The van der Waals surface area contributed by atoms with Crippen molar-refractivity contribution in [2.45, 2.75) is 58.4 Å². The zero-order chi connectivity index (χ0) is 13.7. The van der Waals surface area contributed by atoms with E-state index < -0.39 is 0 Å². The quantitative estimate of drug-likeness (QED) is 0.856. The van der Waals surface area contributed by atoms with Gasteiger partial charge in [-0.3, -0.25) is 0 Å². The maximum Gasteiger partial charge on any atom is 0.133 e. The van der Waals surface area contributed by atoms with Gasteiger partial charge in [0.25, 0.3) is 0 Å². The van der Waals surface area contributed by atoms with E-state index in [2.05, 4.69) is 47.4 Å². The van der Waals surface area contributed by atoms with Gasteiger partial charge >= 0.3 is 0 Å². The first-order valence-corrected chi connectivity index (χ1v) is 7.54. The van der Waals surface area contributed by atoms with Gasteiger partial charge in [0.05, 0.1) is 0 Å². The molecule has 2 rings (SSSR count). The molecule has 4 nitrogen and oxygen atoms in total. The van der Waals surface area contributed by atoms with Crippen molar-refractivity contribution in [1.29, 1.82) is 0 Å². The average molecular weight is 262 g/mol. The van der Waals surface area contributed by atoms with Crippen LogP contribution in [0.3, 0.4) is 0 Å². The van der Waals surface area contributed by atoms with Crippen LogP contribution in [0.1, 0.15) is 57.5 Å². The van der Waals surface area contributed by atoms with Crippen LogP contribution in [0.2, 0.25) is 0 Å². The molecule has 0 spiro atoms. The molecule has 1 fully saturated rings. The van der Waals surface area contributed by atoms with Crippen LogP contribution >= 0.6 is 0 Å². The zero-order valence-corrected chi connectivity index (χ0v) is 12.4. The number of hydrogen-bond donors (Lipinski definition) is 2. The van der Waals surface area contributed by atoms with Crippen molar-refractivity contribution in [3.8, 4) is 0 Å². The number of piperidine rings is 1. The summed E-state index contributed by atoms with van der Waals surface area (Å²) >= 11 is 0. The number of nitrogens with one attached hydrogen (secondary N) is 2. The van der Waals surface area contributed by atoms with Crippen LogP contribution in [-0.2, 0) is 6.42 Å². The summed E-state index contributed by atoms with van der Waals surface area (Å²) in [7, 11) is 0. The highest BCUT2D eigenvalue weighted by Gasteiger charge is 2.14. The molecule has 1 atom stereocenters. The molecule has 0 amide bonds. The second-order valence-electron chi connectivity index (χ2n) is 5.70. The average Bonchev–Trinajstić information content (AvgIpc) is 2.40. The molecule has 1 aromatic heterocycles. The Balaban J connectivity index is 2.12. The fraction of sp³-hybridized carbons (Fsp3) is 0.733. The van der Waals surface area contributed by atoms with E-state index in [-0.39, 0.29) is 0 Å². The molecule has 1 aliphatic rings. The van der Waals surface area contributed by atoms with Crippen molar-refractivity contribution < 1.29 is 0 Å². The molecule has 1 aliphatic heterocycles. The van der Waals surface area contributed by atoms with E-state index in [0.29, 0.717) is 12.0 Å². The first kappa shape index (κ1) is 14.3. The zero-order valence-electron chi connectivity index (χ0n) is 12.4. The van der Waals surface area contributed by atoms with E-state index in [1.807, 2.05) is 0 Å². The van der Waals surface area contributed by atoms with Crippen molar-refractivity contribution in [3.05, 3.63) is 17.6 Å². The molecule has 2 N–H and O–H groups in total. The number of aryl methyl sites for hydroxylation is 1. The predicted octanol–water partition coefficient (Wildman–Crippen LogP) is 2.72. The standard InChI is InChI=1S/C15H26N4/c1-4-6-12-9-14(19-15(18-12)11(2)3)17-13-7-5-8-16-10-13/h9,11,13,16H,4-8,10H2,1-3H3,(H,17,18,19). The Morgan fingerprint density at radius 3 is 2.89 bits per heavy atom. The molecule has 0 aromatic carbocycles. The molecular formula is C15H26N4. The lowest BCUT2D eigenvalue weighted by Crippen LogP contribution is -2.38. The van der Waals surface area contributed by atoms with Crippen LogP contribution in [0.5, 0.6) is 0 Å². The third-order valence-electron chi connectivity index (χ3n) is 3.47. The summed E-state index contributed by atoms with van der Waals surface area (Å²) in [6.45, 7) is 8.66. The number of aromatic nitrogens is 2. The SMILES string of the molecule is CCCc1cc(NC2CCCNC2)nc(C(C)C)n1. The van der Waals surface area contributed by atoms with Gasteiger partial charge < -0.3 is 10.6 Å². The van der Waals surface area contributed by atoms with Crippen LogP contribution in [0.4, 0.5) is 5.82 Å². The molecule has 0 saturated carbocycles. The topological polar surface area (TPSA) is 49.8 Å². The minimum Gasteiger partial charge on any atom is -0.366 e. The van der Waals surface area contributed by atoms with Gasteiger partial charge in [-0.1, -0.05) is 27.2 Å². The monoisotopic (exact) mass is 262 g/mol. The normalized spacial score (nSPS) is 19.7. The van der Waals surface area contributed by atoms with E-state index in [9.17, 15) is 0 Å². The molecule has 0 bridgehead atoms. The van der Waals surface area contributed by atoms with Crippen molar-refractivity contribution in [3.63, 3.8) is 0 Å². The minimum atomic E-state index is 0.377. The summed E-state index contributed by atoms with van der Waals surface area (Å²) < 4.78 is 0. The van der Waals surface area contributed by atoms with Crippen molar-refractivity contribution >= 4 is 5.82 Å². The smallest absolute Gasteiger partial charge is 0.133 e. The van der Waals surface area contributed by atoms with Crippen molar-refractivity contribution in [1.82, 2.24) is 15.3 Å². The van der Waals surface area contributed by atoms with E-state index in [4.69, 9.17) is 0 Å². The molecule has 2 heterocycles. The molecule has 1 saturated heterocycles. The lowest BCUT2D eigenvalue weighted by molar-refractivity contribution is 0.478. The van der Waals surface area contributed by atoms with E-state index >= 15 is 0 Å². The van der Waals surface area contributed by atoms with Crippen LogP contribution in [0.25, 0.3) is 0 Å². The molecule has 19 heavy (non-hydrogen) atoms. The first-order valence-electron chi connectivity index (χ1n) is 7.54. The van der Waals surface area contributed by atoms with Crippen LogP contribution < -0.4 is 10.6 Å². The maximum absolute atomic E-state index is 4.66. The van der Waals surface area contributed by atoms with Gasteiger partial charge in [-0.2, -0.15) is 0 Å². The Labute approximate surface area is 116 Å². The van der Waals surface area contributed by atoms with Crippen molar-refractivity contribution in [2.24, 2.45) is 0 Å². The molecule has 0 radical (unpaired) electrons. The molecule has 1 unspecified atom stereocenters. The molecule has 1 aromatic rings.